The summed E-state index contributed by atoms with van der Waals surface area (Å²) in [4.78, 5) is 4.22. The maximum atomic E-state index is 5.18. The van der Waals surface area contributed by atoms with Gasteiger partial charge in [0.2, 0.25) is 5.88 Å². The molecule has 0 saturated carbocycles. The van der Waals surface area contributed by atoms with Crippen molar-refractivity contribution in [3.8, 4) is 5.88 Å². The van der Waals surface area contributed by atoms with Crippen molar-refractivity contribution < 1.29 is 4.74 Å². The van der Waals surface area contributed by atoms with E-state index in [9.17, 15) is 0 Å². The molecule has 1 aromatic heterocycles. The van der Waals surface area contributed by atoms with Gasteiger partial charge >= 0.3 is 0 Å². The number of aromatic nitrogens is 1. The second-order valence-electron chi connectivity index (χ2n) is 3.64. The van der Waals surface area contributed by atoms with Gasteiger partial charge in [-0.2, -0.15) is 0 Å². The Kier molecular flexibility index (Phi) is 2.91. The van der Waals surface area contributed by atoms with Crippen LogP contribution in [0.3, 0.4) is 0 Å². The first-order valence-corrected chi connectivity index (χ1v) is 4.58. The molecule has 1 rings (SSSR count). The maximum Gasteiger partial charge on any atom is 0.216 e. The molecule has 0 fully saturated rings. The van der Waals surface area contributed by atoms with Crippen molar-refractivity contribution in [1.82, 2.24) is 4.98 Å². The largest absolute Gasteiger partial charge is 0.481 e. The van der Waals surface area contributed by atoms with Crippen molar-refractivity contribution in [2.75, 3.05) is 7.11 Å². The van der Waals surface area contributed by atoms with E-state index in [4.69, 9.17) is 4.74 Å². The molecular formula is C11H17NO. The van der Waals surface area contributed by atoms with Crippen LogP contribution in [-0.4, -0.2) is 12.1 Å². The summed E-state index contributed by atoms with van der Waals surface area (Å²) in [6.45, 7) is 8.53. The molecule has 1 aromatic rings. The Labute approximate surface area is 80.0 Å². The molecule has 72 valence electrons. The highest BCUT2D eigenvalue weighted by Crippen LogP contribution is 2.27. The Morgan fingerprint density at radius 2 is 1.92 bits per heavy atom. The predicted molar refractivity (Wildman–Crippen MR) is 54.4 cm³/mol. The molecular weight excluding hydrogens is 162 g/mol. The van der Waals surface area contributed by atoms with Crippen LogP contribution in [0.25, 0.3) is 0 Å². The van der Waals surface area contributed by atoms with Gasteiger partial charge in [0.1, 0.15) is 0 Å². The van der Waals surface area contributed by atoms with Crippen LogP contribution in [-0.2, 0) is 0 Å². The number of nitrogens with zero attached hydrogens (tertiary/aromatic N) is 1. The Morgan fingerprint density at radius 3 is 2.38 bits per heavy atom. The van der Waals surface area contributed by atoms with Crippen molar-refractivity contribution in [3.63, 3.8) is 0 Å². The fourth-order valence-electron chi connectivity index (χ4n) is 1.83. The number of ether oxygens (including phenoxy) is 1. The van der Waals surface area contributed by atoms with Crippen LogP contribution in [0.5, 0.6) is 5.88 Å². The Bertz CT molecular complexity index is 305. The molecule has 0 saturated heterocycles. The van der Waals surface area contributed by atoms with E-state index in [0.717, 1.165) is 11.4 Å². The standard InChI is InChI=1S/C11H17NO/c1-7(2)10-8(3)6-12-11(13-5)9(10)4/h6-7H,1-5H3. The highest BCUT2D eigenvalue weighted by molar-refractivity contribution is 5.40. The molecule has 2 nitrogen and oxygen atoms in total. The average Bonchev–Trinajstić information content (AvgIpc) is 2.04. The third-order valence-electron chi connectivity index (χ3n) is 2.30. The second kappa shape index (κ2) is 3.77. The van der Waals surface area contributed by atoms with Crippen LogP contribution < -0.4 is 4.74 Å². The number of rotatable bonds is 2. The summed E-state index contributed by atoms with van der Waals surface area (Å²) in [7, 11) is 1.66. The van der Waals surface area contributed by atoms with E-state index in [1.807, 2.05) is 6.20 Å². The summed E-state index contributed by atoms with van der Waals surface area (Å²) < 4.78 is 5.18. The first-order chi connectivity index (χ1) is 6.07. The van der Waals surface area contributed by atoms with Crippen LogP contribution in [0, 0.1) is 13.8 Å². The first kappa shape index (κ1) is 10.0. The van der Waals surface area contributed by atoms with E-state index in [1.54, 1.807) is 7.11 Å². The summed E-state index contributed by atoms with van der Waals surface area (Å²) in [5.74, 6) is 1.27. The van der Waals surface area contributed by atoms with Gasteiger partial charge < -0.3 is 4.74 Å². The molecule has 0 aliphatic rings. The molecule has 2 heteroatoms. The van der Waals surface area contributed by atoms with Crippen molar-refractivity contribution in [1.29, 1.82) is 0 Å². The van der Waals surface area contributed by atoms with Gasteiger partial charge in [-0.05, 0) is 30.9 Å². The van der Waals surface area contributed by atoms with E-state index in [2.05, 4.69) is 32.7 Å². The molecule has 0 aliphatic carbocycles. The van der Waals surface area contributed by atoms with Gasteiger partial charge in [-0.25, -0.2) is 4.98 Å². The van der Waals surface area contributed by atoms with E-state index in [1.165, 1.54) is 11.1 Å². The molecule has 0 unspecified atom stereocenters. The van der Waals surface area contributed by atoms with Gasteiger partial charge in [0.05, 0.1) is 7.11 Å². The third kappa shape index (κ3) is 1.82. The summed E-state index contributed by atoms with van der Waals surface area (Å²) >= 11 is 0. The first-order valence-electron chi connectivity index (χ1n) is 4.58. The lowest BCUT2D eigenvalue weighted by molar-refractivity contribution is 0.393. The smallest absolute Gasteiger partial charge is 0.216 e. The normalized spacial score (nSPS) is 10.6. The van der Waals surface area contributed by atoms with Gasteiger partial charge in [-0.15, -0.1) is 0 Å². The second-order valence-corrected chi connectivity index (χ2v) is 3.64. The monoisotopic (exact) mass is 179 g/mol. The summed E-state index contributed by atoms with van der Waals surface area (Å²) in [6.07, 6.45) is 1.88. The Hall–Kier alpha value is -1.05. The topological polar surface area (TPSA) is 22.1 Å². The lowest BCUT2D eigenvalue weighted by Gasteiger charge is -2.14. The summed E-state index contributed by atoms with van der Waals surface area (Å²) in [6, 6.07) is 0. The number of pyridine rings is 1. The van der Waals surface area contributed by atoms with Gasteiger partial charge in [-0.1, -0.05) is 13.8 Å². The van der Waals surface area contributed by atoms with E-state index in [0.29, 0.717) is 5.92 Å². The lowest BCUT2D eigenvalue weighted by atomic mass is 9.95. The van der Waals surface area contributed by atoms with E-state index in [-0.39, 0.29) is 0 Å². The van der Waals surface area contributed by atoms with Crippen molar-refractivity contribution in [2.45, 2.75) is 33.6 Å². The summed E-state index contributed by atoms with van der Waals surface area (Å²) in [5, 5.41) is 0. The fourth-order valence-corrected chi connectivity index (χ4v) is 1.83. The minimum absolute atomic E-state index is 0.525. The predicted octanol–water partition coefficient (Wildman–Crippen LogP) is 2.83. The molecule has 1 heterocycles. The van der Waals surface area contributed by atoms with Crippen LogP contribution >= 0.6 is 0 Å². The molecule has 0 bridgehead atoms. The highest BCUT2D eigenvalue weighted by Gasteiger charge is 2.11. The molecule has 0 amide bonds. The van der Waals surface area contributed by atoms with Crippen LogP contribution in [0.1, 0.15) is 36.5 Å². The summed E-state index contributed by atoms with van der Waals surface area (Å²) in [5.41, 5.74) is 3.76. The zero-order chi connectivity index (χ0) is 10.0. The molecule has 0 atom stereocenters. The molecule has 0 aromatic carbocycles. The number of methoxy groups -OCH3 is 1. The van der Waals surface area contributed by atoms with Gasteiger partial charge in [0.25, 0.3) is 0 Å². The van der Waals surface area contributed by atoms with Crippen LogP contribution in [0.15, 0.2) is 6.20 Å². The number of hydrogen-bond acceptors (Lipinski definition) is 2. The highest BCUT2D eigenvalue weighted by atomic mass is 16.5. The zero-order valence-corrected chi connectivity index (χ0v) is 9.01. The molecule has 0 spiro atoms. The molecule has 13 heavy (non-hydrogen) atoms. The molecule has 0 radical (unpaired) electrons. The van der Waals surface area contributed by atoms with E-state index >= 15 is 0 Å². The van der Waals surface area contributed by atoms with Gasteiger partial charge in [0.15, 0.2) is 0 Å². The van der Waals surface area contributed by atoms with Crippen LogP contribution in [0.2, 0.25) is 0 Å². The number of hydrogen-bond donors (Lipinski definition) is 0. The molecule has 0 N–H and O–H groups in total. The van der Waals surface area contributed by atoms with E-state index < -0.39 is 0 Å². The van der Waals surface area contributed by atoms with Crippen molar-refractivity contribution in [2.24, 2.45) is 0 Å². The lowest BCUT2D eigenvalue weighted by Crippen LogP contribution is -2.01. The Balaban J connectivity index is 3.30. The minimum Gasteiger partial charge on any atom is -0.481 e. The molecule has 0 aliphatic heterocycles. The third-order valence-corrected chi connectivity index (χ3v) is 2.30. The number of aryl methyl sites for hydroxylation is 1. The van der Waals surface area contributed by atoms with Gasteiger partial charge in [0, 0.05) is 11.8 Å². The minimum atomic E-state index is 0.525. The van der Waals surface area contributed by atoms with Crippen molar-refractivity contribution >= 4 is 0 Å². The van der Waals surface area contributed by atoms with Gasteiger partial charge in [-0.3, -0.25) is 0 Å². The van der Waals surface area contributed by atoms with Crippen molar-refractivity contribution in [3.05, 3.63) is 22.9 Å². The average molecular weight is 179 g/mol. The zero-order valence-electron chi connectivity index (χ0n) is 9.01. The maximum absolute atomic E-state index is 5.18. The fraction of sp³-hybridized carbons (Fsp3) is 0.545. The Morgan fingerprint density at radius 1 is 1.31 bits per heavy atom. The van der Waals surface area contributed by atoms with Crippen LogP contribution in [0.4, 0.5) is 0 Å². The SMILES string of the molecule is COc1ncc(C)c(C(C)C)c1C. The quantitative estimate of drug-likeness (QED) is 0.696.